The van der Waals surface area contributed by atoms with Crippen LogP contribution in [0, 0.1) is 0 Å². The van der Waals surface area contributed by atoms with E-state index in [1.165, 1.54) is 11.3 Å². The van der Waals surface area contributed by atoms with Crippen molar-refractivity contribution in [3.8, 4) is 0 Å². The molecule has 0 amide bonds. The van der Waals surface area contributed by atoms with Crippen molar-refractivity contribution in [2.45, 2.75) is 18.8 Å². The number of benzene rings is 1. The molecule has 1 aromatic heterocycles. The largest absolute Gasteiger partial charge is 0.273 e. The van der Waals surface area contributed by atoms with Gasteiger partial charge in [-0.05, 0) is 42.5 Å². The molecule has 0 radical (unpaired) electrons. The van der Waals surface area contributed by atoms with E-state index in [9.17, 15) is 0 Å². The summed E-state index contributed by atoms with van der Waals surface area (Å²) >= 11 is 12.1. The number of aromatic nitrogens is 2. The van der Waals surface area contributed by atoms with Crippen molar-refractivity contribution in [2.24, 2.45) is 7.05 Å². The van der Waals surface area contributed by atoms with Crippen LogP contribution >= 0.6 is 23.2 Å². The van der Waals surface area contributed by atoms with Crippen molar-refractivity contribution in [1.29, 1.82) is 0 Å². The van der Waals surface area contributed by atoms with E-state index in [-0.39, 0.29) is 0 Å². The van der Waals surface area contributed by atoms with Gasteiger partial charge in [-0.3, -0.25) is 4.68 Å². The van der Waals surface area contributed by atoms with Crippen molar-refractivity contribution in [1.82, 2.24) is 9.78 Å². The molecule has 1 unspecified atom stereocenters. The highest BCUT2D eigenvalue weighted by Crippen LogP contribution is 2.25. The topological polar surface area (TPSA) is 17.8 Å². The Morgan fingerprint density at radius 1 is 1.33 bits per heavy atom. The molecule has 0 aliphatic rings. The van der Waals surface area contributed by atoms with Crippen molar-refractivity contribution in [2.75, 3.05) is 5.88 Å². The highest BCUT2D eigenvalue weighted by molar-refractivity contribution is 6.30. The van der Waals surface area contributed by atoms with E-state index in [4.69, 9.17) is 23.2 Å². The van der Waals surface area contributed by atoms with Crippen molar-refractivity contribution >= 4 is 23.2 Å². The van der Waals surface area contributed by atoms with Gasteiger partial charge in [-0.1, -0.05) is 23.7 Å². The molecule has 96 valence electrons. The van der Waals surface area contributed by atoms with Crippen LogP contribution in [-0.2, 0) is 13.5 Å². The fourth-order valence-electron chi connectivity index (χ4n) is 2.06. The Balaban J connectivity index is 2.04. The van der Waals surface area contributed by atoms with E-state index >= 15 is 0 Å². The minimum absolute atomic E-state index is 0.334. The third kappa shape index (κ3) is 3.27. The number of alkyl halides is 1. The first-order valence-electron chi connectivity index (χ1n) is 5.99. The Kier molecular flexibility index (Phi) is 4.67. The van der Waals surface area contributed by atoms with E-state index in [2.05, 4.69) is 11.2 Å². The third-order valence-electron chi connectivity index (χ3n) is 3.18. The molecule has 0 N–H and O–H groups in total. The van der Waals surface area contributed by atoms with Gasteiger partial charge in [-0.25, -0.2) is 0 Å². The van der Waals surface area contributed by atoms with Crippen LogP contribution in [0.3, 0.4) is 0 Å². The molecular formula is C14H16Cl2N2. The molecule has 4 heteroatoms. The minimum atomic E-state index is 0.334. The molecule has 1 atom stereocenters. The van der Waals surface area contributed by atoms with Crippen LogP contribution in [0.25, 0.3) is 0 Å². The fraction of sp³-hybridized carbons (Fsp3) is 0.357. The van der Waals surface area contributed by atoms with Gasteiger partial charge in [0, 0.05) is 29.8 Å². The summed E-state index contributed by atoms with van der Waals surface area (Å²) in [7, 11) is 1.96. The molecular weight excluding hydrogens is 267 g/mol. The van der Waals surface area contributed by atoms with Gasteiger partial charge in [0.2, 0.25) is 0 Å². The van der Waals surface area contributed by atoms with Crippen LogP contribution in [0.15, 0.2) is 36.5 Å². The average Bonchev–Trinajstić information content (AvgIpc) is 2.76. The van der Waals surface area contributed by atoms with Crippen molar-refractivity contribution in [3.05, 3.63) is 52.8 Å². The van der Waals surface area contributed by atoms with E-state index in [1.54, 1.807) is 0 Å². The first-order chi connectivity index (χ1) is 8.70. The molecule has 1 heterocycles. The van der Waals surface area contributed by atoms with E-state index < -0.39 is 0 Å². The smallest absolute Gasteiger partial charge is 0.0492 e. The van der Waals surface area contributed by atoms with Gasteiger partial charge in [0.1, 0.15) is 0 Å². The summed E-state index contributed by atoms with van der Waals surface area (Å²) < 4.78 is 1.91. The Morgan fingerprint density at radius 2 is 2.17 bits per heavy atom. The molecule has 0 saturated carbocycles. The zero-order valence-electron chi connectivity index (χ0n) is 10.3. The summed E-state index contributed by atoms with van der Waals surface area (Å²) in [5.74, 6) is 0.943. The molecule has 2 rings (SSSR count). The van der Waals surface area contributed by atoms with Crippen LogP contribution in [-0.4, -0.2) is 15.7 Å². The second kappa shape index (κ2) is 6.26. The van der Waals surface area contributed by atoms with Crippen LogP contribution < -0.4 is 0 Å². The molecule has 0 aliphatic carbocycles. The second-order valence-electron chi connectivity index (χ2n) is 4.39. The van der Waals surface area contributed by atoms with Crippen molar-refractivity contribution in [3.63, 3.8) is 0 Å². The van der Waals surface area contributed by atoms with Gasteiger partial charge in [-0.15, -0.1) is 11.6 Å². The van der Waals surface area contributed by atoms with Crippen LogP contribution in [0.1, 0.15) is 23.6 Å². The van der Waals surface area contributed by atoms with Gasteiger partial charge in [0.25, 0.3) is 0 Å². The Labute approximate surface area is 118 Å². The minimum Gasteiger partial charge on any atom is -0.273 e. The highest BCUT2D eigenvalue weighted by atomic mass is 35.5. The molecule has 0 bridgehead atoms. The van der Waals surface area contributed by atoms with Crippen molar-refractivity contribution < 1.29 is 0 Å². The lowest BCUT2D eigenvalue weighted by Crippen LogP contribution is -2.05. The molecule has 18 heavy (non-hydrogen) atoms. The Hall–Kier alpha value is -0.990. The lowest BCUT2D eigenvalue weighted by Gasteiger charge is -2.14. The summed E-state index contributed by atoms with van der Waals surface area (Å²) in [6, 6.07) is 9.99. The summed E-state index contributed by atoms with van der Waals surface area (Å²) in [4.78, 5) is 0. The number of aryl methyl sites for hydroxylation is 2. The standard InChI is InChI=1S/C14H16Cl2N2/c1-18-14(7-8-17-18)6-5-12(10-15)11-3-2-4-13(16)9-11/h2-4,7-9,12H,5-6,10H2,1H3. The molecule has 0 saturated heterocycles. The second-order valence-corrected chi connectivity index (χ2v) is 5.14. The number of hydrogen-bond donors (Lipinski definition) is 0. The van der Waals surface area contributed by atoms with Gasteiger partial charge < -0.3 is 0 Å². The number of nitrogens with zero attached hydrogens (tertiary/aromatic N) is 2. The average molecular weight is 283 g/mol. The SMILES string of the molecule is Cn1nccc1CCC(CCl)c1cccc(Cl)c1. The summed E-state index contributed by atoms with van der Waals surface area (Å²) in [5, 5.41) is 4.94. The molecule has 1 aromatic carbocycles. The first-order valence-corrected chi connectivity index (χ1v) is 6.90. The predicted molar refractivity (Wildman–Crippen MR) is 76.4 cm³/mol. The zero-order valence-corrected chi connectivity index (χ0v) is 11.8. The van der Waals surface area contributed by atoms with Crippen LogP contribution in [0.2, 0.25) is 5.02 Å². The predicted octanol–water partition coefficient (Wildman–Crippen LogP) is 4.03. The van der Waals surface area contributed by atoms with E-state index in [1.807, 2.05) is 42.2 Å². The van der Waals surface area contributed by atoms with E-state index in [0.29, 0.717) is 11.8 Å². The maximum absolute atomic E-state index is 6.07. The first kappa shape index (κ1) is 13.4. The fourth-order valence-corrected chi connectivity index (χ4v) is 2.59. The van der Waals surface area contributed by atoms with Crippen LogP contribution in [0.5, 0.6) is 0 Å². The van der Waals surface area contributed by atoms with Gasteiger partial charge in [0.15, 0.2) is 0 Å². The maximum atomic E-state index is 6.07. The Morgan fingerprint density at radius 3 is 2.78 bits per heavy atom. The lowest BCUT2D eigenvalue weighted by atomic mass is 9.95. The lowest BCUT2D eigenvalue weighted by molar-refractivity contribution is 0.634. The maximum Gasteiger partial charge on any atom is 0.0492 e. The normalized spacial score (nSPS) is 12.6. The van der Waals surface area contributed by atoms with Crippen LogP contribution in [0.4, 0.5) is 0 Å². The summed E-state index contributed by atoms with van der Waals surface area (Å²) in [6.07, 6.45) is 3.80. The summed E-state index contributed by atoms with van der Waals surface area (Å²) in [5.41, 5.74) is 2.44. The number of halogens is 2. The molecule has 0 fully saturated rings. The third-order valence-corrected chi connectivity index (χ3v) is 3.79. The Bertz CT molecular complexity index is 508. The van der Waals surface area contributed by atoms with E-state index in [0.717, 1.165) is 17.9 Å². The monoisotopic (exact) mass is 282 g/mol. The van der Waals surface area contributed by atoms with Gasteiger partial charge in [-0.2, -0.15) is 5.10 Å². The number of hydrogen-bond acceptors (Lipinski definition) is 1. The quantitative estimate of drug-likeness (QED) is 0.757. The van der Waals surface area contributed by atoms with Gasteiger partial charge in [0.05, 0.1) is 0 Å². The number of rotatable bonds is 5. The zero-order chi connectivity index (χ0) is 13.0. The van der Waals surface area contributed by atoms with Gasteiger partial charge >= 0.3 is 0 Å². The molecule has 0 aliphatic heterocycles. The molecule has 2 nitrogen and oxygen atoms in total. The molecule has 0 spiro atoms. The highest BCUT2D eigenvalue weighted by Gasteiger charge is 2.12. The molecule has 2 aromatic rings. The summed E-state index contributed by atoms with van der Waals surface area (Å²) in [6.45, 7) is 0.